The zero-order valence-corrected chi connectivity index (χ0v) is 18.1. The topological polar surface area (TPSA) is 132 Å². The second-order valence-corrected chi connectivity index (χ2v) is 9.19. The van der Waals surface area contributed by atoms with E-state index in [1.807, 2.05) is 27.7 Å². The molecule has 2 rings (SSSR count). The number of carboxylic acids is 2. The third kappa shape index (κ3) is 6.45. The summed E-state index contributed by atoms with van der Waals surface area (Å²) >= 11 is 1.65. The minimum Gasteiger partial charge on any atom is -0.479 e. The van der Waals surface area contributed by atoms with E-state index in [0.717, 1.165) is 36.6 Å². The Kier molecular flexibility index (Phi) is 8.53. The SMILES string of the molecule is Cc1nc(C)c(CC2CNCCC2N(CC(C)C)OC(C(=O)O)C(O)C(=O)O)s1. The van der Waals surface area contributed by atoms with Crippen molar-refractivity contribution in [3.63, 3.8) is 0 Å². The van der Waals surface area contributed by atoms with Crippen LogP contribution in [0.4, 0.5) is 0 Å². The van der Waals surface area contributed by atoms with Gasteiger partial charge in [0.2, 0.25) is 6.10 Å². The van der Waals surface area contributed by atoms with Crippen LogP contribution >= 0.6 is 11.3 Å². The first-order chi connectivity index (χ1) is 13.6. The van der Waals surface area contributed by atoms with E-state index >= 15 is 0 Å². The van der Waals surface area contributed by atoms with Crippen LogP contribution in [0.2, 0.25) is 0 Å². The molecule has 0 radical (unpaired) electrons. The number of aliphatic carboxylic acids is 2. The van der Waals surface area contributed by atoms with E-state index in [2.05, 4.69) is 10.3 Å². The maximum atomic E-state index is 11.6. The van der Waals surface area contributed by atoms with Gasteiger partial charge < -0.3 is 20.6 Å². The Balaban J connectivity index is 2.25. The zero-order chi connectivity index (χ0) is 21.7. The maximum absolute atomic E-state index is 11.6. The van der Waals surface area contributed by atoms with Crippen molar-refractivity contribution < 1.29 is 29.7 Å². The Morgan fingerprint density at radius 1 is 1.31 bits per heavy atom. The predicted octanol–water partition coefficient (Wildman–Crippen LogP) is 1.07. The molecule has 4 unspecified atom stereocenters. The Bertz CT molecular complexity index is 710. The number of aromatic nitrogens is 1. The molecule has 164 valence electrons. The van der Waals surface area contributed by atoms with Gasteiger partial charge in [0.1, 0.15) is 0 Å². The standard InChI is InChI=1S/C19H31N3O6S/c1-10(2)9-22(28-17(19(26)27)16(23)18(24)25)14-5-6-20-8-13(14)7-15-11(3)21-12(4)29-15/h10,13-14,16-17,20,23H,5-9H2,1-4H3,(H,24,25)(H,26,27). The second-order valence-electron chi connectivity index (χ2n) is 7.91. The van der Waals surface area contributed by atoms with E-state index in [9.17, 15) is 19.8 Å². The molecule has 0 amide bonds. The van der Waals surface area contributed by atoms with Gasteiger partial charge in [-0.1, -0.05) is 13.8 Å². The molecule has 0 aromatic carbocycles. The van der Waals surface area contributed by atoms with E-state index < -0.39 is 24.1 Å². The summed E-state index contributed by atoms with van der Waals surface area (Å²) in [7, 11) is 0. The van der Waals surface area contributed by atoms with Gasteiger partial charge in [0.25, 0.3) is 0 Å². The number of aliphatic hydroxyl groups is 1. The molecule has 4 N–H and O–H groups in total. The summed E-state index contributed by atoms with van der Waals surface area (Å²) in [5.41, 5.74) is 0.998. The van der Waals surface area contributed by atoms with Gasteiger partial charge in [0.15, 0.2) is 6.10 Å². The number of thiazole rings is 1. The highest BCUT2D eigenvalue weighted by atomic mass is 32.1. The van der Waals surface area contributed by atoms with Crippen LogP contribution in [0.25, 0.3) is 0 Å². The lowest BCUT2D eigenvalue weighted by Crippen LogP contribution is -2.55. The van der Waals surface area contributed by atoms with Crippen molar-refractivity contribution in [3.05, 3.63) is 15.6 Å². The van der Waals surface area contributed by atoms with Crippen LogP contribution in [0.1, 0.15) is 35.8 Å². The Morgan fingerprint density at radius 2 is 2.00 bits per heavy atom. The molecule has 1 aliphatic rings. The van der Waals surface area contributed by atoms with Crippen molar-refractivity contribution in [1.82, 2.24) is 15.4 Å². The molecule has 10 heteroatoms. The van der Waals surface area contributed by atoms with E-state index in [0.29, 0.717) is 6.54 Å². The molecular formula is C19H31N3O6S. The molecule has 1 aromatic heterocycles. The largest absolute Gasteiger partial charge is 0.479 e. The number of nitrogens with zero attached hydrogens (tertiary/aromatic N) is 2. The molecule has 1 saturated heterocycles. The highest BCUT2D eigenvalue weighted by molar-refractivity contribution is 7.11. The fourth-order valence-electron chi connectivity index (χ4n) is 3.63. The van der Waals surface area contributed by atoms with Crippen molar-refractivity contribution >= 4 is 23.3 Å². The number of carboxylic acid groups (broad SMARTS) is 2. The number of piperidine rings is 1. The van der Waals surface area contributed by atoms with Crippen LogP contribution in [0.3, 0.4) is 0 Å². The van der Waals surface area contributed by atoms with Crippen LogP contribution in [-0.2, 0) is 20.8 Å². The van der Waals surface area contributed by atoms with Crippen molar-refractivity contribution in [1.29, 1.82) is 0 Å². The van der Waals surface area contributed by atoms with Crippen molar-refractivity contribution in [2.75, 3.05) is 19.6 Å². The molecule has 0 aliphatic carbocycles. The number of hydroxylamine groups is 2. The van der Waals surface area contributed by atoms with Crippen LogP contribution in [0.5, 0.6) is 0 Å². The fraction of sp³-hybridized carbons (Fsp3) is 0.737. The molecule has 9 nitrogen and oxygen atoms in total. The number of hydrogen-bond acceptors (Lipinski definition) is 8. The second kappa shape index (κ2) is 10.4. The predicted molar refractivity (Wildman–Crippen MR) is 108 cm³/mol. The lowest BCUT2D eigenvalue weighted by molar-refractivity contribution is -0.257. The minimum absolute atomic E-state index is 0.108. The summed E-state index contributed by atoms with van der Waals surface area (Å²) in [6.45, 7) is 9.82. The monoisotopic (exact) mass is 429 g/mol. The number of rotatable bonds is 10. The third-order valence-electron chi connectivity index (χ3n) is 4.96. The van der Waals surface area contributed by atoms with E-state index in [1.165, 1.54) is 4.88 Å². The highest BCUT2D eigenvalue weighted by Crippen LogP contribution is 2.28. The summed E-state index contributed by atoms with van der Waals surface area (Å²) in [6, 6.07) is -0.108. The first-order valence-electron chi connectivity index (χ1n) is 9.80. The van der Waals surface area contributed by atoms with Crippen molar-refractivity contribution in [2.24, 2.45) is 11.8 Å². The third-order valence-corrected chi connectivity index (χ3v) is 6.06. The molecule has 2 heterocycles. The van der Waals surface area contributed by atoms with Gasteiger partial charge in [-0.2, -0.15) is 5.06 Å². The number of aryl methyl sites for hydroxylation is 2. The fourth-order valence-corrected chi connectivity index (χ4v) is 4.66. The zero-order valence-electron chi connectivity index (χ0n) is 17.3. The summed E-state index contributed by atoms with van der Waals surface area (Å²) in [5, 5.41) is 34.3. The van der Waals surface area contributed by atoms with Crippen LogP contribution < -0.4 is 5.32 Å². The van der Waals surface area contributed by atoms with Crippen molar-refractivity contribution in [2.45, 2.75) is 58.8 Å². The lowest BCUT2D eigenvalue weighted by Gasteiger charge is -2.41. The summed E-state index contributed by atoms with van der Waals surface area (Å²) in [6.07, 6.45) is -2.52. The van der Waals surface area contributed by atoms with E-state index in [4.69, 9.17) is 9.94 Å². The maximum Gasteiger partial charge on any atom is 0.338 e. The summed E-state index contributed by atoms with van der Waals surface area (Å²) in [5.74, 6) is -2.83. The Labute approximate surface area is 174 Å². The molecule has 1 fully saturated rings. The number of carbonyl (C=O) groups is 2. The van der Waals surface area contributed by atoms with Crippen LogP contribution in [0.15, 0.2) is 0 Å². The Hall–Kier alpha value is -1.59. The molecule has 1 aromatic rings. The van der Waals surface area contributed by atoms with E-state index in [-0.39, 0.29) is 17.9 Å². The first kappa shape index (κ1) is 23.7. The molecule has 1 aliphatic heterocycles. The van der Waals surface area contributed by atoms with Gasteiger partial charge in [-0.05, 0) is 51.6 Å². The molecule has 0 bridgehead atoms. The number of aliphatic hydroxyl groups excluding tert-OH is 1. The average Bonchev–Trinajstić information content (AvgIpc) is 2.95. The van der Waals surface area contributed by atoms with Gasteiger partial charge in [0, 0.05) is 17.5 Å². The molecule has 0 saturated carbocycles. The van der Waals surface area contributed by atoms with Gasteiger partial charge >= 0.3 is 11.9 Å². The quantitative estimate of drug-likeness (QED) is 0.403. The number of nitrogens with one attached hydrogen (secondary N) is 1. The smallest absolute Gasteiger partial charge is 0.338 e. The normalized spacial score (nSPS) is 22.0. The lowest BCUT2D eigenvalue weighted by atomic mass is 9.89. The van der Waals surface area contributed by atoms with E-state index in [1.54, 1.807) is 16.4 Å². The van der Waals surface area contributed by atoms with Gasteiger partial charge in [-0.15, -0.1) is 11.3 Å². The Morgan fingerprint density at radius 3 is 2.52 bits per heavy atom. The van der Waals surface area contributed by atoms with Crippen molar-refractivity contribution in [3.8, 4) is 0 Å². The van der Waals surface area contributed by atoms with Gasteiger partial charge in [-0.25, -0.2) is 14.6 Å². The summed E-state index contributed by atoms with van der Waals surface area (Å²) in [4.78, 5) is 34.0. The molecular weight excluding hydrogens is 398 g/mol. The first-order valence-corrected chi connectivity index (χ1v) is 10.6. The summed E-state index contributed by atoms with van der Waals surface area (Å²) < 4.78 is 0. The minimum atomic E-state index is -2.14. The number of hydrogen-bond donors (Lipinski definition) is 4. The van der Waals surface area contributed by atoms with Gasteiger partial charge in [-0.3, -0.25) is 4.84 Å². The average molecular weight is 430 g/mol. The molecule has 29 heavy (non-hydrogen) atoms. The van der Waals surface area contributed by atoms with Gasteiger partial charge in [0.05, 0.1) is 10.7 Å². The molecule has 4 atom stereocenters. The van der Waals surface area contributed by atoms with Crippen LogP contribution in [0, 0.1) is 25.7 Å². The van der Waals surface area contributed by atoms with Crippen LogP contribution in [-0.4, -0.2) is 75.2 Å². The molecule has 0 spiro atoms. The highest BCUT2D eigenvalue weighted by Gasteiger charge is 2.39.